The highest BCUT2D eigenvalue weighted by Crippen LogP contribution is 2.51. The van der Waals surface area contributed by atoms with Crippen LogP contribution in [0.4, 0.5) is 0 Å². The molecule has 0 heterocycles. The highest BCUT2D eigenvalue weighted by molar-refractivity contribution is 5.04. The zero-order valence-corrected chi connectivity index (χ0v) is 11.1. The Morgan fingerprint density at radius 1 is 1.07 bits per heavy atom. The molecular formula is C14H27N. The smallest absolute Gasteiger partial charge is 0.0222 e. The van der Waals surface area contributed by atoms with Gasteiger partial charge in [0.2, 0.25) is 0 Å². The fourth-order valence-corrected chi connectivity index (χ4v) is 4.01. The van der Waals surface area contributed by atoms with Crippen molar-refractivity contribution in [3.05, 3.63) is 12.7 Å². The zero-order chi connectivity index (χ0) is 11.7. The molecule has 0 radical (unpaired) electrons. The van der Waals surface area contributed by atoms with Gasteiger partial charge in [0.25, 0.3) is 0 Å². The lowest BCUT2D eigenvalue weighted by Crippen LogP contribution is -2.53. The van der Waals surface area contributed by atoms with Crippen molar-refractivity contribution >= 4 is 0 Å². The molecule has 1 aliphatic carbocycles. The first-order valence-corrected chi connectivity index (χ1v) is 6.04. The third-order valence-corrected chi connectivity index (χ3v) is 3.66. The van der Waals surface area contributed by atoms with Gasteiger partial charge in [0, 0.05) is 5.54 Å². The average molecular weight is 209 g/mol. The van der Waals surface area contributed by atoms with Crippen molar-refractivity contribution < 1.29 is 0 Å². The number of rotatable bonds is 3. The summed E-state index contributed by atoms with van der Waals surface area (Å²) >= 11 is 0. The normalized spacial score (nSPS) is 27.3. The first-order chi connectivity index (χ1) is 6.74. The lowest BCUT2D eigenvalue weighted by molar-refractivity contribution is 0.0336. The maximum atomic E-state index is 3.90. The molecule has 88 valence electrons. The average Bonchev–Trinajstić information content (AvgIpc) is 1.98. The minimum Gasteiger partial charge on any atom is -0.314 e. The number of nitrogens with one attached hydrogen (secondary N) is 1. The van der Waals surface area contributed by atoms with E-state index in [4.69, 9.17) is 0 Å². The maximum Gasteiger partial charge on any atom is 0.0222 e. The van der Waals surface area contributed by atoms with Crippen LogP contribution in [0.15, 0.2) is 12.7 Å². The molecule has 1 nitrogen and oxygen atoms in total. The van der Waals surface area contributed by atoms with Gasteiger partial charge in [-0.1, -0.05) is 33.8 Å². The predicted octanol–water partition coefficient (Wildman–Crippen LogP) is 3.76. The van der Waals surface area contributed by atoms with Crippen molar-refractivity contribution in [3.63, 3.8) is 0 Å². The third-order valence-electron chi connectivity index (χ3n) is 3.66. The minimum absolute atomic E-state index is 0.271. The lowest BCUT2D eigenvalue weighted by atomic mass is 9.57. The third kappa shape index (κ3) is 3.07. The van der Waals surface area contributed by atoms with Crippen molar-refractivity contribution in [1.82, 2.24) is 5.32 Å². The van der Waals surface area contributed by atoms with E-state index in [1.54, 1.807) is 0 Å². The van der Waals surface area contributed by atoms with Gasteiger partial charge in [0.1, 0.15) is 0 Å². The van der Waals surface area contributed by atoms with Gasteiger partial charge in [-0.2, -0.15) is 0 Å². The summed E-state index contributed by atoms with van der Waals surface area (Å²) in [5.74, 6) is 0. The highest BCUT2D eigenvalue weighted by Gasteiger charge is 2.45. The standard InChI is InChI=1S/C14H27N/c1-7-8-14(15-6)10-12(2,3)9-13(4,5)11-14/h7,15H,1,8-11H2,2-6H3. The quantitative estimate of drug-likeness (QED) is 0.698. The first kappa shape index (κ1) is 12.8. The summed E-state index contributed by atoms with van der Waals surface area (Å²) in [6.45, 7) is 13.5. The fraction of sp³-hybridized carbons (Fsp3) is 0.857. The van der Waals surface area contributed by atoms with Gasteiger partial charge in [0.15, 0.2) is 0 Å². The summed E-state index contributed by atoms with van der Waals surface area (Å²) in [4.78, 5) is 0. The fourth-order valence-electron chi connectivity index (χ4n) is 4.01. The van der Waals surface area contributed by atoms with Crippen LogP contribution in [0.25, 0.3) is 0 Å². The number of hydrogen-bond acceptors (Lipinski definition) is 1. The van der Waals surface area contributed by atoms with Crippen LogP contribution in [-0.2, 0) is 0 Å². The van der Waals surface area contributed by atoms with Crippen LogP contribution in [0.5, 0.6) is 0 Å². The molecule has 1 rings (SSSR count). The van der Waals surface area contributed by atoms with Crippen LogP contribution in [0, 0.1) is 10.8 Å². The van der Waals surface area contributed by atoms with E-state index >= 15 is 0 Å². The van der Waals surface area contributed by atoms with Gasteiger partial charge in [-0.3, -0.25) is 0 Å². The van der Waals surface area contributed by atoms with Gasteiger partial charge in [-0.15, -0.1) is 6.58 Å². The van der Waals surface area contributed by atoms with E-state index in [1.807, 2.05) is 0 Å². The Morgan fingerprint density at radius 2 is 1.53 bits per heavy atom. The molecule has 0 aromatic rings. The van der Waals surface area contributed by atoms with Gasteiger partial charge < -0.3 is 5.32 Å². The van der Waals surface area contributed by atoms with Crippen molar-refractivity contribution in [2.45, 2.75) is 58.9 Å². The Morgan fingerprint density at radius 3 is 1.87 bits per heavy atom. The molecule has 0 unspecified atom stereocenters. The molecule has 0 atom stereocenters. The molecule has 1 saturated carbocycles. The largest absolute Gasteiger partial charge is 0.314 e. The van der Waals surface area contributed by atoms with E-state index in [0.717, 1.165) is 6.42 Å². The Kier molecular flexibility index (Phi) is 3.35. The van der Waals surface area contributed by atoms with E-state index < -0.39 is 0 Å². The van der Waals surface area contributed by atoms with Crippen LogP contribution in [-0.4, -0.2) is 12.6 Å². The van der Waals surface area contributed by atoms with E-state index in [0.29, 0.717) is 10.8 Å². The minimum atomic E-state index is 0.271. The molecule has 15 heavy (non-hydrogen) atoms. The second kappa shape index (κ2) is 3.93. The van der Waals surface area contributed by atoms with Crippen molar-refractivity contribution in [2.75, 3.05) is 7.05 Å². The Bertz CT molecular complexity index is 222. The Labute approximate surface area is 95.3 Å². The van der Waals surface area contributed by atoms with Crippen molar-refractivity contribution in [1.29, 1.82) is 0 Å². The summed E-state index contributed by atoms with van der Waals surface area (Å²) in [5.41, 5.74) is 1.15. The molecule has 0 spiro atoms. The zero-order valence-electron chi connectivity index (χ0n) is 11.1. The monoisotopic (exact) mass is 209 g/mol. The molecule has 0 bridgehead atoms. The molecular weight excluding hydrogens is 182 g/mol. The van der Waals surface area contributed by atoms with E-state index in [1.165, 1.54) is 19.3 Å². The van der Waals surface area contributed by atoms with Crippen LogP contribution < -0.4 is 5.32 Å². The second-order valence-corrected chi connectivity index (χ2v) is 6.88. The summed E-state index contributed by atoms with van der Waals surface area (Å²) in [6, 6.07) is 0. The molecule has 0 amide bonds. The van der Waals surface area contributed by atoms with Crippen molar-refractivity contribution in [3.8, 4) is 0 Å². The van der Waals surface area contributed by atoms with Crippen LogP contribution in [0.2, 0.25) is 0 Å². The molecule has 1 N–H and O–H groups in total. The molecule has 1 heteroatoms. The van der Waals surface area contributed by atoms with Gasteiger partial charge >= 0.3 is 0 Å². The molecule has 0 aromatic carbocycles. The molecule has 1 fully saturated rings. The van der Waals surface area contributed by atoms with E-state index in [2.05, 4.69) is 52.7 Å². The van der Waals surface area contributed by atoms with Crippen molar-refractivity contribution in [2.24, 2.45) is 10.8 Å². The van der Waals surface area contributed by atoms with Crippen LogP contribution in [0.3, 0.4) is 0 Å². The topological polar surface area (TPSA) is 12.0 Å². The molecule has 0 aromatic heterocycles. The highest BCUT2D eigenvalue weighted by atomic mass is 14.9. The molecule has 0 saturated heterocycles. The summed E-state index contributed by atoms with van der Waals surface area (Å²) < 4.78 is 0. The number of hydrogen-bond donors (Lipinski definition) is 1. The van der Waals surface area contributed by atoms with E-state index in [-0.39, 0.29) is 5.54 Å². The van der Waals surface area contributed by atoms with Gasteiger partial charge in [-0.25, -0.2) is 0 Å². The maximum absolute atomic E-state index is 3.90. The second-order valence-electron chi connectivity index (χ2n) is 6.88. The van der Waals surface area contributed by atoms with Crippen LogP contribution >= 0.6 is 0 Å². The molecule has 1 aliphatic rings. The molecule has 0 aliphatic heterocycles. The van der Waals surface area contributed by atoms with Gasteiger partial charge in [0.05, 0.1) is 0 Å². The predicted molar refractivity (Wildman–Crippen MR) is 68.0 cm³/mol. The Balaban J connectivity index is 2.93. The van der Waals surface area contributed by atoms with E-state index in [9.17, 15) is 0 Å². The van der Waals surface area contributed by atoms with Crippen LogP contribution in [0.1, 0.15) is 53.4 Å². The Hall–Kier alpha value is -0.300. The summed E-state index contributed by atoms with van der Waals surface area (Å²) in [5, 5.41) is 3.56. The first-order valence-electron chi connectivity index (χ1n) is 6.04. The van der Waals surface area contributed by atoms with Gasteiger partial charge in [-0.05, 0) is 43.6 Å². The summed E-state index contributed by atoms with van der Waals surface area (Å²) in [6.07, 6.45) is 6.98. The SMILES string of the molecule is C=CCC1(NC)CC(C)(C)CC(C)(C)C1. The lowest BCUT2D eigenvalue weighted by Gasteiger charge is -2.52. The summed E-state index contributed by atoms with van der Waals surface area (Å²) in [7, 11) is 2.10.